The molecule has 0 saturated carbocycles. The van der Waals surface area contributed by atoms with Gasteiger partial charge >= 0.3 is 36.2 Å². The van der Waals surface area contributed by atoms with Crippen molar-refractivity contribution in [3.63, 3.8) is 0 Å². The molecule has 16 heteroatoms. The van der Waals surface area contributed by atoms with Gasteiger partial charge in [0.1, 0.15) is 17.6 Å². The van der Waals surface area contributed by atoms with Crippen molar-refractivity contribution in [1.29, 1.82) is 0 Å². The van der Waals surface area contributed by atoms with E-state index in [1.165, 1.54) is 48.5 Å². The Hall–Kier alpha value is -5.74. The maximum Gasteiger partial charge on any atom is 0.513 e. The summed E-state index contributed by atoms with van der Waals surface area (Å²) >= 11 is 0. The Balaban J connectivity index is 0.000000295. The lowest BCUT2D eigenvalue weighted by molar-refractivity contribution is -0.138. The van der Waals surface area contributed by atoms with Crippen molar-refractivity contribution in [2.24, 2.45) is 0 Å². The van der Waals surface area contributed by atoms with Crippen molar-refractivity contribution in [2.45, 2.75) is 50.4 Å². The van der Waals surface area contributed by atoms with Gasteiger partial charge in [0.2, 0.25) is 0 Å². The standard InChI is InChI=1S/C21H24O9.C15H16O7/c1-2-18(22)25-10-3-4-11-27-21(24)29-15-7-5-14(6-8-15)20(23)30-17-13-28-16-9-12-26-19(16)17;1-2-13(16)20-9-3-4-10-21-15(19)22-12-7-5-11(6-8-12)14(17)18/h2,5-8,16-17,19H,1,3-4,9-13H2;2,5-8H,1,3-4,9-10H2,(H,17,18)/t16-,17-,19+;/m0./s1. The number of rotatable bonds is 17. The summed E-state index contributed by atoms with van der Waals surface area (Å²) in [7, 11) is 0. The first-order chi connectivity index (χ1) is 25.1. The molecule has 0 aromatic heterocycles. The van der Waals surface area contributed by atoms with Crippen LogP contribution in [0.5, 0.6) is 11.5 Å². The summed E-state index contributed by atoms with van der Waals surface area (Å²) in [5.74, 6) is -2.12. The zero-order valence-electron chi connectivity index (χ0n) is 28.3. The molecule has 0 aliphatic carbocycles. The Morgan fingerprint density at radius 2 is 1.13 bits per heavy atom. The van der Waals surface area contributed by atoms with Gasteiger partial charge in [0.25, 0.3) is 0 Å². The Kier molecular flexibility index (Phi) is 17.3. The van der Waals surface area contributed by atoms with Crippen LogP contribution in [0.3, 0.4) is 0 Å². The number of unbranched alkanes of at least 4 members (excludes halogenated alkanes) is 2. The normalized spacial score (nSPS) is 16.8. The number of carboxylic acid groups (broad SMARTS) is 1. The van der Waals surface area contributed by atoms with Crippen LogP contribution in [0.25, 0.3) is 0 Å². The Morgan fingerprint density at radius 3 is 1.60 bits per heavy atom. The first-order valence-electron chi connectivity index (χ1n) is 16.2. The number of fused-ring (bicyclic) bond motifs is 1. The summed E-state index contributed by atoms with van der Waals surface area (Å²) < 4.78 is 45.8. The molecule has 16 nitrogen and oxygen atoms in total. The number of esters is 3. The van der Waals surface area contributed by atoms with Crippen molar-refractivity contribution < 1.29 is 76.5 Å². The van der Waals surface area contributed by atoms with Crippen molar-refractivity contribution in [1.82, 2.24) is 0 Å². The number of benzene rings is 2. The summed E-state index contributed by atoms with van der Waals surface area (Å²) in [4.78, 5) is 67.6. The fourth-order valence-corrected chi connectivity index (χ4v) is 4.50. The number of ether oxygens (including phenoxy) is 9. The maximum absolute atomic E-state index is 12.3. The smallest absolute Gasteiger partial charge is 0.478 e. The lowest BCUT2D eigenvalue weighted by Gasteiger charge is -2.16. The molecule has 2 aliphatic rings. The largest absolute Gasteiger partial charge is 0.513 e. The number of aromatic carboxylic acids is 1. The second-order valence-corrected chi connectivity index (χ2v) is 10.9. The molecule has 2 heterocycles. The van der Waals surface area contributed by atoms with E-state index in [4.69, 9.17) is 47.7 Å². The summed E-state index contributed by atoms with van der Waals surface area (Å²) in [6, 6.07) is 11.3. The van der Waals surface area contributed by atoms with Crippen LogP contribution in [0.1, 0.15) is 52.8 Å². The minimum absolute atomic E-state index is 0.00764. The SMILES string of the molecule is C=CC(=O)OCCCCOC(=O)Oc1ccc(C(=O)O)cc1.C=CC(=O)OCCCCOC(=O)Oc1ccc(C(=O)O[C@H]2CO[C@H]3CCO[C@H]32)cc1. The second kappa shape index (κ2) is 22.2. The molecule has 52 heavy (non-hydrogen) atoms. The van der Waals surface area contributed by atoms with E-state index in [0.29, 0.717) is 44.5 Å². The minimum atomic E-state index is -1.06. The van der Waals surface area contributed by atoms with Crippen molar-refractivity contribution in [3.05, 3.63) is 85.0 Å². The highest BCUT2D eigenvalue weighted by Gasteiger charge is 2.44. The molecule has 280 valence electrons. The van der Waals surface area contributed by atoms with E-state index in [0.717, 1.165) is 18.6 Å². The van der Waals surface area contributed by atoms with E-state index in [1.807, 2.05) is 0 Å². The fourth-order valence-electron chi connectivity index (χ4n) is 4.50. The molecular formula is C36H40O16. The number of carbonyl (C=O) groups is 6. The topological polar surface area (TPSA) is 206 Å². The lowest BCUT2D eigenvalue weighted by Crippen LogP contribution is -2.32. The first kappa shape index (κ1) is 40.7. The average Bonchev–Trinajstić information content (AvgIpc) is 3.77. The Morgan fingerprint density at radius 1 is 0.673 bits per heavy atom. The van der Waals surface area contributed by atoms with E-state index in [-0.39, 0.29) is 55.7 Å². The van der Waals surface area contributed by atoms with Gasteiger partial charge in [-0.2, -0.15) is 0 Å². The zero-order chi connectivity index (χ0) is 37.7. The van der Waals surface area contributed by atoms with Crippen LogP contribution < -0.4 is 9.47 Å². The molecule has 2 fully saturated rings. The quantitative estimate of drug-likeness (QED) is 0.0761. The van der Waals surface area contributed by atoms with Crippen LogP contribution in [-0.2, 0) is 42.7 Å². The van der Waals surface area contributed by atoms with Crippen LogP contribution in [0.4, 0.5) is 9.59 Å². The van der Waals surface area contributed by atoms with Crippen molar-refractivity contribution in [2.75, 3.05) is 39.6 Å². The van der Waals surface area contributed by atoms with Crippen LogP contribution in [-0.4, -0.2) is 99.2 Å². The molecule has 2 aromatic rings. The second-order valence-electron chi connectivity index (χ2n) is 10.9. The third-order valence-corrected chi connectivity index (χ3v) is 7.11. The highest BCUT2D eigenvalue weighted by molar-refractivity contribution is 5.90. The van der Waals surface area contributed by atoms with Gasteiger partial charge in [0, 0.05) is 18.8 Å². The van der Waals surface area contributed by atoms with E-state index >= 15 is 0 Å². The molecule has 0 spiro atoms. The minimum Gasteiger partial charge on any atom is -0.478 e. The highest BCUT2D eigenvalue weighted by Crippen LogP contribution is 2.29. The molecule has 2 aromatic carbocycles. The Labute approximate surface area is 299 Å². The highest BCUT2D eigenvalue weighted by atomic mass is 16.7. The average molecular weight is 729 g/mol. The van der Waals surface area contributed by atoms with E-state index in [1.54, 1.807) is 0 Å². The molecule has 2 saturated heterocycles. The molecular weight excluding hydrogens is 688 g/mol. The molecule has 4 rings (SSSR count). The number of hydrogen-bond acceptors (Lipinski definition) is 15. The van der Waals surface area contributed by atoms with E-state index in [9.17, 15) is 28.8 Å². The maximum atomic E-state index is 12.3. The van der Waals surface area contributed by atoms with Crippen molar-refractivity contribution >= 4 is 36.2 Å². The van der Waals surface area contributed by atoms with Gasteiger partial charge in [0.05, 0.1) is 50.3 Å². The van der Waals surface area contributed by atoms with Crippen LogP contribution in [0.15, 0.2) is 73.8 Å². The predicted octanol–water partition coefficient (Wildman–Crippen LogP) is 4.83. The number of hydrogen-bond donors (Lipinski definition) is 1. The van der Waals surface area contributed by atoms with E-state index < -0.39 is 42.3 Å². The van der Waals surface area contributed by atoms with Gasteiger partial charge in [-0.15, -0.1) is 0 Å². The molecule has 0 amide bonds. The zero-order valence-corrected chi connectivity index (χ0v) is 28.3. The Bertz CT molecular complexity index is 1520. The summed E-state index contributed by atoms with van der Waals surface area (Å²) in [6.07, 6.45) is 2.70. The molecule has 1 N–H and O–H groups in total. The van der Waals surface area contributed by atoms with Gasteiger partial charge in [0.15, 0.2) is 6.10 Å². The van der Waals surface area contributed by atoms with Gasteiger partial charge in [-0.1, -0.05) is 13.2 Å². The molecule has 0 bridgehead atoms. The van der Waals surface area contributed by atoms with Crippen LogP contribution in [0, 0.1) is 0 Å². The van der Waals surface area contributed by atoms with Crippen LogP contribution >= 0.6 is 0 Å². The molecule has 0 radical (unpaired) electrons. The lowest BCUT2D eigenvalue weighted by atomic mass is 10.1. The molecule has 3 atom stereocenters. The van der Waals surface area contributed by atoms with Gasteiger partial charge in [-0.25, -0.2) is 28.8 Å². The van der Waals surface area contributed by atoms with E-state index in [2.05, 4.69) is 13.2 Å². The summed E-state index contributed by atoms with van der Waals surface area (Å²) in [5, 5.41) is 8.73. The van der Waals surface area contributed by atoms with Gasteiger partial charge in [-0.05, 0) is 80.6 Å². The number of carbonyl (C=O) groups excluding carboxylic acids is 5. The van der Waals surface area contributed by atoms with Crippen LogP contribution in [0.2, 0.25) is 0 Å². The molecule has 0 unspecified atom stereocenters. The monoisotopic (exact) mass is 728 g/mol. The molecule has 2 aliphatic heterocycles. The van der Waals surface area contributed by atoms with Gasteiger partial charge < -0.3 is 47.7 Å². The van der Waals surface area contributed by atoms with Gasteiger partial charge in [-0.3, -0.25) is 0 Å². The fraction of sp³-hybridized carbons (Fsp3) is 0.389. The summed E-state index contributed by atoms with van der Waals surface area (Å²) in [5.41, 5.74) is 0.418. The predicted molar refractivity (Wildman–Crippen MR) is 178 cm³/mol. The first-order valence-corrected chi connectivity index (χ1v) is 16.2. The van der Waals surface area contributed by atoms with Crippen molar-refractivity contribution in [3.8, 4) is 11.5 Å². The third-order valence-electron chi connectivity index (χ3n) is 7.11. The third kappa shape index (κ3) is 14.6. The number of carboxylic acids is 1. The summed E-state index contributed by atoms with van der Waals surface area (Å²) in [6.45, 7) is 8.18.